The van der Waals surface area contributed by atoms with E-state index in [1.165, 1.54) is 22.5 Å². The van der Waals surface area contributed by atoms with Crippen molar-refractivity contribution in [1.82, 2.24) is 5.32 Å². The van der Waals surface area contributed by atoms with E-state index >= 15 is 0 Å². The number of hydrogen-bond acceptors (Lipinski definition) is 5. The third kappa shape index (κ3) is 3.19. The maximum atomic E-state index is 12.3. The van der Waals surface area contributed by atoms with Crippen LogP contribution in [0.3, 0.4) is 0 Å². The second kappa shape index (κ2) is 6.62. The number of nitrogens with one attached hydrogen (secondary N) is 2. The van der Waals surface area contributed by atoms with Crippen LogP contribution in [-0.4, -0.2) is 32.1 Å². The highest BCUT2D eigenvalue weighted by molar-refractivity contribution is 7.17. The summed E-state index contributed by atoms with van der Waals surface area (Å²) in [5, 5.41) is 6.07. The molecule has 1 atom stereocenters. The van der Waals surface area contributed by atoms with Crippen molar-refractivity contribution in [2.45, 2.75) is 26.2 Å². The van der Waals surface area contributed by atoms with Crippen molar-refractivity contribution in [3.63, 3.8) is 0 Å². The molecule has 0 unspecified atom stereocenters. The third-order valence-electron chi connectivity index (χ3n) is 4.07. The minimum Gasteiger partial charge on any atom is -0.494 e. The Hall–Kier alpha value is -2.02. The Balaban J connectivity index is 1.90. The van der Waals surface area contributed by atoms with Crippen LogP contribution in [0.2, 0.25) is 0 Å². The van der Waals surface area contributed by atoms with Crippen LogP contribution in [0.25, 0.3) is 0 Å². The quantitative estimate of drug-likeness (QED) is 0.886. The number of thiophene rings is 1. The summed E-state index contributed by atoms with van der Waals surface area (Å²) in [6.45, 7) is 2.99. The van der Waals surface area contributed by atoms with Gasteiger partial charge in [0, 0.05) is 11.9 Å². The van der Waals surface area contributed by atoms with Crippen LogP contribution in [0.1, 0.15) is 34.1 Å². The molecular formula is C16H20N2O4S. The average molecular weight is 336 g/mol. The molecule has 1 aliphatic heterocycles. The van der Waals surface area contributed by atoms with E-state index in [1.807, 2.05) is 0 Å². The standard InChI is InChI=1S/C16H20N2O4S/c1-9-3-4-10-12(7-9)23-16(13(10)15(20)17-2)18-14(19)11-8-21-5-6-22-11/h8-9H,3-7H2,1-2H3,(H,17,20)(H,18,19)/t9-/m1/s1. The Morgan fingerprint density at radius 2 is 2.13 bits per heavy atom. The Morgan fingerprint density at radius 1 is 1.30 bits per heavy atom. The van der Waals surface area contributed by atoms with E-state index in [9.17, 15) is 9.59 Å². The van der Waals surface area contributed by atoms with Gasteiger partial charge in [-0.05, 0) is 30.7 Å². The number of hydrogen-bond donors (Lipinski definition) is 2. The van der Waals surface area contributed by atoms with Crippen LogP contribution < -0.4 is 10.6 Å². The molecule has 0 bridgehead atoms. The normalized spacial score (nSPS) is 19.7. The van der Waals surface area contributed by atoms with Crippen molar-refractivity contribution in [2.24, 2.45) is 5.92 Å². The minimum absolute atomic E-state index is 0.138. The third-order valence-corrected chi connectivity index (χ3v) is 5.24. The molecule has 6 nitrogen and oxygen atoms in total. The van der Waals surface area contributed by atoms with Gasteiger partial charge in [-0.25, -0.2) is 0 Å². The fourth-order valence-corrected chi connectivity index (χ4v) is 4.26. The molecule has 1 aromatic heterocycles. The number of carbonyl (C=O) groups is 2. The molecule has 3 rings (SSSR count). The van der Waals surface area contributed by atoms with Gasteiger partial charge in [0.1, 0.15) is 24.5 Å². The van der Waals surface area contributed by atoms with Gasteiger partial charge >= 0.3 is 0 Å². The van der Waals surface area contributed by atoms with Crippen LogP contribution >= 0.6 is 11.3 Å². The first-order chi connectivity index (χ1) is 11.1. The number of ether oxygens (including phenoxy) is 2. The summed E-state index contributed by atoms with van der Waals surface area (Å²) in [5.74, 6) is 0.183. The van der Waals surface area contributed by atoms with Gasteiger partial charge in [0.15, 0.2) is 0 Å². The Bertz CT molecular complexity index is 665. The van der Waals surface area contributed by atoms with Crippen molar-refractivity contribution < 1.29 is 19.1 Å². The minimum atomic E-state index is -0.388. The Kier molecular flexibility index (Phi) is 4.56. The first kappa shape index (κ1) is 15.9. The van der Waals surface area contributed by atoms with Crippen LogP contribution in [0.15, 0.2) is 12.0 Å². The zero-order valence-electron chi connectivity index (χ0n) is 13.2. The van der Waals surface area contributed by atoms with E-state index in [2.05, 4.69) is 17.6 Å². The van der Waals surface area contributed by atoms with Crippen LogP contribution in [0, 0.1) is 5.92 Å². The molecule has 0 spiro atoms. The van der Waals surface area contributed by atoms with Crippen molar-refractivity contribution >= 4 is 28.2 Å². The molecule has 0 fully saturated rings. The predicted molar refractivity (Wildman–Crippen MR) is 87.5 cm³/mol. The number of amides is 2. The van der Waals surface area contributed by atoms with Gasteiger partial charge in [-0.2, -0.15) is 0 Å². The highest BCUT2D eigenvalue weighted by atomic mass is 32.1. The van der Waals surface area contributed by atoms with E-state index in [0.29, 0.717) is 29.7 Å². The number of carbonyl (C=O) groups excluding carboxylic acids is 2. The first-order valence-corrected chi connectivity index (χ1v) is 8.54. The van der Waals surface area contributed by atoms with Crippen molar-refractivity contribution in [1.29, 1.82) is 0 Å². The van der Waals surface area contributed by atoms with E-state index in [1.54, 1.807) is 7.05 Å². The van der Waals surface area contributed by atoms with Gasteiger partial charge in [0.2, 0.25) is 5.76 Å². The van der Waals surface area contributed by atoms with Gasteiger partial charge in [-0.1, -0.05) is 6.92 Å². The predicted octanol–water partition coefficient (Wildman–Crippen LogP) is 2.06. The monoisotopic (exact) mass is 336 g/mol. The fourth-order valence-electron chi connectivity index (χ4n) is 2.86. The summed E-state index contributed by atoms with van der Waals surface area (Å²) < 4.78 is 10.4. The second-order valence-corrected chi connectivity index (χ2v) is 6.90. The summed E-state index contributed by atoms with van der Waals surface area (Å²) in [6.07, 6.45) is 4.19. The molecule has 0 saturated heterocycles. The molecule has 124 valence electrons. The molecule has 0 aromatic carbocycles. The summed E-state index contributed by atoms with van der Waals surface area (Å²) in [6, 6.07) is 0. The first-order valence-electron chi connectivity index (χ1n) is 7.72. The molecule has 23 heavy (non-hydrogen) atoms. The van der Waals surface area contributed by atoms with Crippen LogP contribution in [0.4, 0.5) is 5.00 Å². The summed E-state index contributed by atoms with van der Waals surface area (Å²) in [4.78, 5) is 25.8. The van der Waals surface area contributed by atoms with Crippen molar-refractivity contribution in [2.75, 3.05) is 25.6 Å². The number of anilines is 1. The zero-order chi connectivity index (χ0) is 16.4. The molecule has 1 aliphatic carbocycles. The van der Waals surface area contributed by atoms with Crippen LogP contribution in [-0.2, 0) is 27.1 Å². The van der Waals surface area contributed by atoms with E-state index in [0.717, 1.165) is 24.8 Å². The Labute approximate surface area is 138 Å². The molecule has 2 N–H and O–H groups in total. The van der Waals surface area contributed by atoms with Crippen molar-refractivity contribution in [3.8, 4) is 0 Å². The topological polar surface area (TPSA) is 76.7 Å². The summed E-state index contributed by atoms with van der Waals surface area (Å²) in [7, 11) is 1.60. The molecule has 1 aromatic rings. The lowest BCUT2D eigenvalue weighted by molar-refractivity contribution is -0.117. The van der Waals surface area contributed by atoms with Gasteiger partial charge in [-0.15, -0.1) is 11.3 Å². The molecule has 2 amide bonds. The second-order valence-electron chi connectivity index (χ2n) is 5.79. The van der Waals surface area contributed by atoms with Gasteiger partial charge in [-0.3, -0.25) is 9.59 Å². The van der Waals surface area contributed by atoms with Gasteiger partial charge < -0.3 is 20.1 Å². The van der Waals surface area contributed by atoms with E-state index in [4.69, 9.17) is 9.47 Å². The van der Waals surface area contributed by atoms with Gasteiger partial charge in [0.05, 0.1) is 5.56 Å². The number of rotatable bonds is 3. The molecule has 7 heteroatoms. The molecule has 0 saturated carbocycles. The number of fused-ring (bicyclic) bond motifs is 1. The maximum Gasteiger partial charge on any atom is 0.294 e. The van der Waals surface area contributed by atoms with E-state index < -0.39 is 0 Å². The lowest BCUT2D eigenvalue weighted by Crippen LogP contribution is -2.24. The van der Waals surface area contributed by atoms with Gasteiger partial charge in [0.25, 0.3) is 11.8 Å². The van der Waals surface area contributed by atoms with E-state index in [-0.39, 0.29) is 17.6 Å². The Morgan fingerprint density at radius 3 is 2.83 bits per heavy atom. The molecule has 2 aliphatic rings. The lowest BCUT2D eigenvalue weighted by atomic mass is 9.88. The fraction of sp³-hybridized carbons (Fsp3) is 0.500. The summed E-state index contributed by atoms with van der Waals surface area (Å²) in [5.41, 5.74) is 1.66. The van der Waals surface area contributed by atoms with Crippen molar-refractivity contribution in [3.05, 3.63) is 28.0 Å². The zero-order valence-corrected chi connectivity index (χ0v) is 14.0. The summed E-state index contributed by atoms with van der Waals surface area (Å²) >= 11 is 1.49. The molecule has 2 heterocycles. The molecule has 0 radical (unpaired) electrons. The highest BCUT2D eigenvalue weighted by Crippen LogP contribution is 2.39. The largest absolute Gasteiger partial charge is 0.494 e. The maximum absolute atomic E-state index is 12.3. The lowest BCUT2D eigenvalue weighted by Gasteiger charge is -2.18. The highest BCUT2D eigenvalue weighted by Gasteiger charge is 2.28. The average Bonchev–Trinajstić information content (AvgIpc) is 2.91. The van der Waals surface area contributed by atoms with Crippen LogP contribution in [0.5, 0.6) is 0 Å². The SMILES string of the molecule is CNC(=O)c1c(NC(=O)C2=COCCO2)sc2c1CC[C@@H](C)C2. The smallest absolute Gasteiger partial charge is 0.294 e. The molecular weight excluding hydrogens is 316 g/mol.